The summed E-state index contributed by atoms with van der Waals surface area (Å²) in [5.41, 5.74) is 4.03. The number of dihydropyridines is 1. The van der Waals surface area contributed by atoms with E-state index >= 15 is 0 Å². The van der Waals surface area contributed by atoms with Gasteiger partial charge in [-0.1, -0.05) is 12.1 Å². The average Bonchev–Trinajstić information content (AvgIpc) is 3.47. The van der Waals surface area contributed by atoms with Gasteiger partial charge in [0, 0.05) is 81.3 Å². The van der Waals surface area contributed by atoms with Crippen LogP contribution in [0.1, 0.15) is 16.8 Å². The maximum atomic E-state index is 4.47. The number of H-pyrrole nitrogens is 1. The smallest absolute Gasteiger partial charge is 0.140 e. The van der Waals surface area contributed by atoms with Gasteiger partial charge < -0.3 is 5.32 Å². The van der Waals surface area contributed by atoms with Gasteiger partial charge in [0.2, 0.25) is 0 Å². The van der Waals surface area contributed by atoms with E-state index in [4.69, 9.17) is 0 Å². The molecule has 0 aromatic carbocycles. The number of aryl methyl sites for hydroxylation is 1. The van der Waals surface area contributed by atoms with Crippen LogP contribution < -0.4 is 5.32 Å². The minimum absolute atomic E-state index is 0.404. The van der Waals surface area contributed by atoms with Crippen LogP contribution in [0.15, 0.2) is 67.5 Å². The van der Waals surface area contributed by atoms with Crippen molar-refractivity contribution < 1.29 is 0 Å². The summed E-state index contributed by atoms with van der Waals surface area (Å²) in [6.45, 7) is 4.78. The maximum absolute atomic E-state index is 4.47. The Morgan fingerprint density at radius 2 is 2.03 bits per heavy atom. The van der Waals surface area contributed by atoms with E-state index in [-0.39, 0.29) is 0 Å². The molecule has 0 spiro atoms. The summed E-state index contributed by atoms with van der Waals surface area (Å²) in [5, 5.41) is 15.1. The van der Waals surface area contributed by atoms with E-state index in [0.29, 0.717) is 0 Å². The van der Waals surface area contributed by atoms with Crippen molar-refractivity contribution in [3.63, 3.8) is 0 Å². The fraction of sp³-hybridized carbons (Fsp3) is 0.318. The molecule has 2 N–H and O–H groups in total. The first kappa shape index (κ1) is 18.8. The normalized spacial score (nSPS) is 22.6. The molecule has 3 aromatic heterocycles. The second-order valence-electron chi connectivity index (χ2n) is 7.82. The lowest BCUT2D eigenvalue weighted by Gasteiger charge is -2.47. The van der Waals surface area contributed by atoms with Crippen LogP contribution >= 0.6 is 0 Å². The number of aromatic nitrogens is 5. The Bertz CT molecular complexity index is 1030. The largest absolute Gasteiger partial charge is 0.365 e. The SMILES string of the molecule is Cn1cc(C2(N3CCN(Cc4ccccn4)CC3)C=CC(c3cn[nH]c3)=CN2)cn1. The highest BCUT2D eigenvalue weighted by molar-refractivity contribution is 5.74. The number of nitrogens with zero attached hydrogens (tertiary/aromatic N) is 6. The van der Waals surface area contributed by atoms with Crippen LogP contribution in [-0.2, 0) is 19.3 Å². The topological polar surface area (TPSA) is 77.9 Å². The van der Waals surface area contributed by atoms with Gasteiger partial charge in [-0.15, -0.1) is 0 Å². The lowest BCUT2D eigenvalue weighted by molar-refractivity contribution is 0.0408. The summed E-state index contributed by atoms with van der Waals surface area (Å²) in [6, 6.07) is 6.11. The Morgan fingerprint density at radius 1 is 1.13 bits per heavy atom. The van der Waals surface area contributed by atoms with Gasteiger partial charge in [0.1, 0.15) is 5.66 Å². The standard InChI is InChI=1S/C22H26N8/c1-28-16-20(15-27-28)22(6-5-18(12-24-22)19-13-25-26-14-19)30-10-8-29(9-11-30)17-21-4-2-3-7-23-21/h2-7,12-16,24H,8-11,17H2,1H3,(H,25,26). The molecule has 0 amide bonds. The summed E-state index contributed by atoms with van der Waals surface area (Å²) in [5.74, 6) is 0. The van der Waals surface area contributed by atoms with Crippen molar-refractivity contribution in [1.29, 1.82) is 0 Å². The third-order valence-electron chi connectivity index (χ3n) is 5.91. The van der Waals surface area contributed by atoms with Gasteiger partial charge in [-0.3, -0.25) is 24.6 Å². The summed E-state index contributed by atoms with van der Waals surface area (Å²) in [7, 11) is 1.96. The van der Waals surface area contributed by atoms with Crippen molar-refractivity contribution in [3.8, 4) is 0 Å². The minimum atomic E-state index is -0.404. The summed E-state index contributed by atoms with van der Waals surface area (Å²) < 4.78 is 1.86. The molecule has 0 aliphatic carbocycles. The zero-order chi connectivity index (χ0) is 20.4. The molecule has 2 aliphatic rings. The van der Waals surface area contributed by atoms with Crippen LogP contribution in [0.3, 0.4) is 0 Å². The van der Waals surface area contributed by atoms with Crippen molar-refractivity contribution >= 4 is 5.57 Å². The van der Waals surface area contributed by atoms with Crippen LogP contribution in [0.4, 0.5) is 0 Å². The molecule has 5 heterocycles. The van der Waals surface area contributed by atoms with Crippen molar-refractivity contribution in [2.75, 3.05) is 26.2 Å². The molecule has 0 radical (unpaired) electrons. The lowest BCUT2D eigenvalue weighted by Crippen LogP contribution is -2.60. The molecule has 1 saturated heterocycles. The molecule has 0 bridgehead atoms. The highest BCUT2D eigenvalue weighted by Crippen LogP contribution is 2.33. The summed E-state index contributed by atoms with van der Waals surface area (Å²) in [6.07, 6.45) is 16.2. The number of hydrogen-bond donors (Lipinski definition) is 2. The summed E-state index contributed by atoms with van der Waals surface area (Å²) >= 11 is 0. The second kappa shape index (κ2) is 7.89. The van der Waals surface area contributed by atoms with E-state index in [0.717, 1.165) is 55.1 Å². The number of rotatable bonds is 5. The van der Waals surface area contributed by atoms with Gasteiger partial charge in [-0.05, 0) is 18.2 Å². The first-order valence-corrected chi connectivity index (χ1v) is 10.3. The average molecular weight is 403 g/mol. The third-order valence-corrected chi connectivity index (χ3v) is 5.91. The molecule has 30 heavy (non-hydrogen) atoms. The molecule has 2 aliphatic heterocycles. The van der Waals surface area contributed by atoms with E-state index in [9.17, 15) is 0 Å². The number of aromatic amines is 1. The van der Waals surface area contributed by atoms with Crippen LogP contribution in [0.2, 0.25) is 0 Å². The monoisotopic (exact) mass is 402 g/mol. The molecule has 0 saturated carbocycles. The highest BCUT2D eigenvalue weighted by atomic mass is 15.4. The van der Waals surface area contributed by atoms with Gasteiger partial charge in [0.25, 0.3) is 0 Å². The Kier molecular flexibility index (Phi) is 4.94. The maximum Gasteiger partial charge on any atom is 0.140 e. The van der Waals surface area contributed by atoms with Gasteiger partial charge >= 0.3 is 0 Å². The Labute approximate surface area is 175 Å². The van der Waals surface area contributed by atoms with Gasteiger partial charge in [0.15, 0.2) is 0 Å². The number of hydrogen-bond acceptors (Lipinski definition) is 6. The second-order valence-corrected chi connectivity index (χ2v) is 7.82. The van der Waals surface area contributed by atoms with Crippen molar-refractivity contribution in [2.45, 2.75) is 12.2 Å². The Morgan fingerprint density at radius 3 is 2.67 bits per heavy atom. The number of nitrogens with one attached hydrogen (secondary N) is 2. The van der Waals surface area contributed by atoms with Crippen LogP contribution in [0.5, 0.6) is 0 Å². The van der Waals surface area contributed by atoms with Crippen molar-refractivity contribution in [1.82, 2.24) is 40.1 Å². The summed E-state index contributed by atoms with van der Waals surface area (Å²) in [4.78, 5) is 9.44. The van der Waals surface area contributed by atoms with E-state index in [2.05, 4.69) is 72.1 Å². The minimum Gasteiger partial charge on any atom is -0.365 e. The first-order chi connectivity index (χ1) is 14.7. The molecule has 1 atom stereocenters. The van der Waals surface area contributed by atoms with Gasteiger partial charge in [0.05, 0.1) is 18.1 Å². The van der Waals surface area contributed by atoms with Crippen LogP contribution in [0.25, 0.3) is 5.57 Å². The molecule has 8 nitrogen and oxygen atoms in total. The van der Waals surface area contributed by atoms with E-state index in [1.54, 1.807) is 0 Å². The molecule has 1 unspecified atom stereocenters. The molecule has 5 rings (SSSR count). The quantitative estimate of drug-likeness (QED) is 0.677. The van der Waals surface area contributed by atoms with Crippen LogP contribution in [-0.4, -0.2) is 60.9 Å². The van der Waals surface area contributed by atoms with Crippen molar-refractivity contribution in [2.24, 2.45) is 7.05 Å². The predicted octanol–water partition coefficient (Wildman–Crippen LogP) is 1.71. The lowest BCUT2D eigenvalue weighted by atomic mass is 9.94. The highest BCUT2D eigenvalue weighted by Gasteiger charge is 2.39. The molecule has 3 aromatic rings. The van der Waals surface area contributed by atoms with Gasteiger partial charge in [-0.2, -0.15) is 10.2 Å². The number of pyridine rings is 1. The third kappa shape index (κ3) is 3.55. The van der Waals surface area contributed by atoms with Gasteiger partial charge in [-0.25, -0.2) is 0 Å². The fourth-order valence-corrected chi connectivity index (χ4v) is 4.24. The molecule has 1 fully saturated rings. The molecular formula is C22H26N8. The van der Waals surface area contributed by atoms with Crippen LogP contribution in [0, 0.1) is 0 Å². The Hall–Kier alpha value is -3.23. The zero-order valence-corrected chi connectivity index (χ0v) is 17.1. The fourth-order valence-electron chi connectivity index (χ4n) is 4.24. The van der Waals surface area contributed by atoms with Crippen molar-refractivity contribution in [3.05, 3.63) is 84.4 Å². The molecule has 154 valence electrons. The predicted molar refractivity (Wildman–Crippen MR) is 115 cm³/mol. The number of allylic oxidation sites excluding steroid dienone is 2. The van der Waals surface area contributed by atoms with E-state index in [1.807, 2.05) is 42.6 Å². The molecule has 8 heteroatoms. The van der Waals surface area contributed by atoms with E-state index in [1.165, 1.54) is 0 Å². The van der Waals surface area contributed by atoms with E-state index < -0.39 is 5.66 Å². The zero-order valence-electron chi connectivity index (χ0n) is 17.1. The first-order valence-electron chi connectivity index (χ1n) is 10.3. The molecular weight excluding hydrogens is 376 g/mol. The number of piperazine rings is 1. The Balaban J connectivity index is 1.35.